The van der Waals surface area contributed by atoms with E-state index in [0.717, 1.165) is 10.4 Å². The molecule has 2 fully saturated rings. The minimum Gasteiger partial charge on any atom is -1.00 e. The van der Waals surface area contributed by atoms with E-state index in [9.17, 15) is 9.59 Å². The first-order valence-electron chi connectivity index (χ1n) is 8.89. The number of hydrogen-bond donors (Lipinski definition) is 0. The van der Waals surface area contributed by atoms with Crippen LogP contribution in [-0.2, 0) is 9.47 Å². The van der Waals surface area contributed by atoms with Crippen molar-refractivity contribution in [3.8, 4) is 0 Å². The van der Waals surface area contributed by atoms with Crippen LogP contribution in [0.5, 0.6) is 0 Å². The van der Waals surface area contributed by atoms with Gasteiger partial charge in [0.25, 0.3) is 0 Å². The van der Waals surface area contributed by atoms with Crippen molar-refractivity contribution >= 4 is 50.9 Å². The molecule has 30 heavy (non-hydrogen) atoms. The molecule has 0 amide bonds. The minimum absolute atomic E-state index is 0. The number of carbonyl (C=O) groups is 2. The van der Waals surface area contributed by atoms with Gasteiger partial charge in [0.2, 0.25) is 0 Å². The van der Waals surface area contributed by atoms with E-state index in [0.29, 0.717) is 11.1 Å². The molecule has 2 aliphatic carbocycles. The Labute approximate surface area is 215 Å². The molecule has 0 radical (unpaired) electrons. The molecule has 2 aromatic carbocycles. The van der Waals surface area contributed by atoms with Crippen molar-refractivity contribution in [1.82, 2.24) is 0 Å². The van der Waals surface area contributed by atoms with E-state index in [4.69, 9.17) is 0 Å². The van der Waals surface area contributed by atoms with Gasteiger partial charge in [-0.25, -0.2) is 22.4 Å². The molecule has 4 nitrogen and oxygen atoms in total. The van der Waals surface area contributed by atoms with Gasteiger partial charge in [0.15, 0.2) is 0 Å². The fourth-order valence-corrected chi connectivity index (χ4v) is 2.39. The Balaban J connectivity index is 0. The number of ether oxygens (including phenoxy) is 2. The molecule has 0 aromatic heterocycles. The Bertz CT molecular complexity index is 740. The zero-order valence-electron chi connectivity index (χ0n) is 16.7. The van der Waals surface area contributed by atoms with Crippen molar-refractivity contribution in [3.63, 3.8) is 0 Å². The van der Waals surface area contributed by atoms with E-state index >= 15 is 0 Å². The van der Waals surface area contributed by atoms with Gasteiger partial charge in [-0.2, -0.15) is 0 Å². The van der Waals surface area contributed by atoms with E-state index < -0.39 is 0 Å². The van der Waals surface area contributed by atoms with Crippen molar-refractivity contribution < 1.29 is 36.0 Å². The van der Waals surface area contributed by atoms with Crippen LogP contribution >= 0.6 is 15.9 Å². The van der Waals surface area contributed by atoms with Gasteiger partial charge in [-0.1, -0.05) is 35.5 Å². The molecule has 0 spiro atoms. The maximum Gasteiger partial charge on any atom is 2.00 e. The molecule has 2 saturated carbocycles. The maximum absolute atomic E-state index is 11.1. The summed E-state index contributed by atoms with van der Waals surface area (Å²) in [5.41, 5.74) is 2.54. The molecule has 0 heterocycles. The first-order chi connectivity index (χ1) is 13.0. The van der Waals surface area contributed by atoms with E-state index in [-0.39, 0.29) is 59.4 Å². The molecule has 160 valence electrons. The van der Waals surface area contributed by atoms with Crippen LogP contribution in [0.2, 0.25) is 0 Å². The molecule has 0 N–H and O–H groups in total. The quantitative estimate of drug-likeness (QED) is 0.334. The Morgan fingerprint density at radius 2 is 1.23 bits per heavy atom. The molecule has 0 unspecified atom stereocenters. The second kappa shape index (κ2) is 16.8. The van der Waals surface area contributed by atoms with Gasteiger partial charge in [-0.15, -0.1) is 0 Å². The summed E-state index contributed by atoms with van der Waals surface area (Å²) in [4.78, 5) is 22.0. The van der Waals surface area contributed by atoms with Crippen LogP contribution in [0.4, 0.5) is 0 Å². The molecule has 0 atom stereocenters. The van der Waals surface area contributed by atoms with Gasteiger partial charge >= 0.3 is 35.0 Å². The van der Waals surface area contributed by atoms with Crippen LogP contribution in [0.3, 0.4) is 0 Å². The minimum atomic E-state index is -0.308. The molecule has 4 rings (SSSR count). The molecular formula is C23H28Br2MgO4. The second-order valence-electron chi connectivity index (χ2n) is 6.25. The predicted molar refractivity (Wildman–Crippen MR) is 121 cm³/mol. The SMILES string of the molecule is C.COC(=O)c1ccc(Br)cc1.COC(=O)c1ccc(C2CC2)cc1.[Br-].[CH-]1CC1.[Mg+2]. The van der Waals surface area contributed by atoms with Crippen LogP contribution in [0.1, 0.15) is 65.3 Å². The van der Waals surface area contributed by atoms with Crippen molar-refractivity contribution in [2.45, 2.75) is 39.0 Å². The number of benzene rings is 2. The van der Waals surface area contributed by atoms with Gasteiger partial charge in [0, 0.05) is 4.47 Å². The molecule has 2 aromatic rings. The Kier molecular flexibility index (Phi) is 17.5. The fraction of sp³-hybridized carbons (Fsp3) is 0.348. The summed E-state index contributed by atoms with van der Waals surface area (Å²) < 4.78 is 10.1. The third-order valence-corrected chi connectivity index (χ3v) is 4.46. The van der Waals surface area contributed by atoms with Crippen LogP contribution in [0.25, 0.3) is 0 Å². The van der Waals surface area contributed by atoms with E-state index in [1.165, 1.54) is 45.5 Å². The average Bonchev–Trinajstić information content (AvgIpc) is 3.60. The second-order valence-corrected chi connectivity index (χ2v) is 7.17. The maximum atomic E-state index is 11.1. The van der Waals surface area contributed by atoms with E-state index in [1.54, 1.807) is 24.3 Å². The zero-order chi connectivity index (χ0) is 19.6. The van der Waals surface area contributed by atoms with Gasteiger partial charge in [0.1, 0.15) is 0 Å². The summed E-state index contributed by atoms with van der Waals surface area (Å²) in [5.74, 6) is 0.173. The normalized spacial score (nSPS) is 12.5. The molecule has 7 heteroatoms. The smallest absolute Gasteiger partial charge is 1.00 e. The molecule has 0 aliphatic heterocycles. The van der Waals surface area contributed by atoms with Gasteiger partial charge in [0.05, 0.1) is 25.3 Å². The first kappa shape index (κ1) is 31.3. The summed E-state index contributed by atoms with van der Waals surface area (Å²) >= 11 is 3.26. The Hall–Kier alpha value is -0.894. The summed E-state index contributed by atoms with van der Waals surface area (Å²) in [6.07, 6.45) is 7.58. The van der Waals surface area contributed by atoms with E-state index in [2.05, 4.69) is 31.8 Å². The van der Waals surface area contributed by atoms with Crippen LogP contribution in [-0.4, -0.2) is 49.2 Å². The summed E-state index contributed by atoms with van der Waals surface area (Å²) in [6, 6.07) is 14.7. The average molecular weight is 553 g/mol. The predicted octanol–water partition coefficient (Wildman–Crippen LogP) is 2.83. The molecule has 2 aliphatic rings. The third kappa shape index (κ3) is 12.1. The van der Waals surface area contributed by atoms with Crippen molar-refractivity contribution in [2.24, 2.45) is 0 Å². The van der Waals surface area contributed by atoms with E-state index in [1.807, 2.05) is 24.3 Å². The zero-order valence-corrected chi connectivity index (χ0v) is 21.3. The van der Waals surface area contributed by atoms with Crippen molar-refractivity contribution in [1.29, 1.82) is 0 Å². The van der Waals surface area contributed by atoms with Crippen LogP contribution in [0.15, 0.2) is 53.0 Å². The third-order valence-electron chi connectivity index (χ3n) is 3.93. The summed E-state index contributed by atoms with van der Waals surface area (Å²) in [5, 5.41) is 0. The first-order valence-corrected chi connectivity index (χ1v) is 9.68. The molecular weight excluding hydrogens is 524 g/mol. The van der Waals surface area contributed by atoms with Crippen molar-refractivity contribution in [3.05, 3.63) is 76.1 Å². The van der Waals surface area contributed by atoms with Crippen LogP contribution < -0.4 is 17.0 Å². The largest absolute Gasteiger partial charge is 2.00 e. The van der Waals surface area contributed by atoms with Gasteiger partial charge in [-0.3, -0.25) is 0 Å². The number of esters is 2. The van der Waals surface area contributed by atoms with Crippen molar-refractivity contribution in [2.75, 3.05) is 14.2 Å². The number of methoxy groups -OCH3 is 2. The number of carbonyl (C=O) groups excluding carboxylic acids is 2. The number of rotatable bonds is 3. The molecule has 0 saturated heterocycles. The fourth-order valence-electron chi connectivity index (χ4n) is 2.13. The standard InChI is InChI=1S/C11H12O2.C8H7BrO2.C3H5.CH4.BrH.Mg/c1-13-11(12)10-6-4-9(5-7-10)8-2-3-8;1-11-8(10)6-2-4-7(9)5-3-6;1-2-3-1;;;/h4-8H,2-3H2,1H3;2-5H,1H3;1H,2-3H2;1H4;1H;/q;;-1;;;+2/p-1. The summed E-state index contributed by atoms with van der Waals surface area (Å²) in [7, 11) is 2.77. The Morgan fingerprint density at radius 3 is 1.53 bits per heavy atom. The van der Waals surface area contributed by atoms with Gasteiger partial charge in [-0.05, 0) is 60.7 Å². The Morgan fingerprint density at radius 1 is 0.867 bits per heavy atom. The number of halogens is 2. The van der Waals surface area contributed by atoms with Gasteiger partial charge < -0.3 is 32.9 Å². The molecule has 0 bridgehead atoms. The summed E-state index contributed by atoms with van der Waals surface area (Å²) in [6.45, 7) is 0. The number of hydrogen-bond acceptors (Lipinski definition) is 4. The monoisotopic (exact) mass is 550 g/mol. The topological polar surface area (TPSA) is 52.6 Å². The van der Waals surface area contributed by atoms with Crippen LogP contribution in [0, 0.1) is 6.42 Å².